The third-order valence-corrected chi connectivity index (χ3v) is 2.37. The van der Waals surface area contributed by atoms with Crippen molar-refractivity contribution in [3.8, 4) is 5.75 Å². The number of rotatable bonds is 9. The van der Waals surface area contributed by atoms with Crippen molar-refractivity contribution in [2.75, 3.05) is 26.4 Å². The smallest absolute Gasteiger partial charge is 0.119 e. The molecule has 0 bridgehead atoms. The number of aliphatic hydroxyl groups is 1. The van der Waals surface area contributed by atoms with Gasteiger partial charge >= 0.3 is 0 Å². The average Bonchev–Trinajstić information content (AvgIpc) is 2.37. The molecule has 0 heterocycles. The number of aliphatic hydroxyl groups excluding tert-OH is 1. The molecule has 0 aliphatic carbocycles. The van der Waals surface area contributed by atoms with Gasteiger partial charge in [-0.25, -0.2) is 0 Å². The average molecular weight is 253 g/mol. The Balaban J connectivity index is 2.23. The molecule has 18 heavy (non-hydrogen) atoms. The van der Waals surface area contributed by atoms with Gasteiger partial charge < -0.3 is 19.9 Å². The van der Waals surface area contributed by atoms with E-state index in [1.54, 1.807) is 0 Å². The Kier molecular flexibility index (Phi) is 7.41. The summed E-state index contributed by atoms with van der Waals surface area (Å²) < 4.78 is 10.6. The Hall–Kier alpha value is -1.10. The summed E-state index contributed by atoms with van der Waals surface area (Å²) in [6.07, 6.45) is 0. The van der Waals surface area contributed by atoms with Gasteiger partial charge in [-0.3, -0.25) is 0 Å². The van der Waals surface area contributed by atoms with Crippen molar-refractivity contribution < 1.29 is 14.6 Å². The van der Waals surface area contributed by atoms with Crippen LogP contribution in [0.5, 0.6) is 5.75 Å². The summed E-state index contributed by atoms with van der Waals surface area (Å²) in [6.45, 7) is 6.55. The highest BCUT2D eigenvalue weighted by atomic mass is 16.5. The van der Waals surface area contributed by atoms with Gasteiger partial charge in [0.1, 0.15) is 12.4 Å². The van der Waals surface area contributed by atoms with Gasteiger partial charge in [-0.2, -0.15) is 0 Å². The molecular weight excluding hydrogens is 230 g/mol. The quantitative estimate of drug-likeness (QED) is 0.656. The van der Waals surface area contributed by atoms with Crippen molar-refractivity contribution in [1.82, 2.24) is 5.32 Å². The third kappa shape index (κ3) is 6.59. The summed E-state index contributed by atoms with van der Waals surface area (Å²) in [5.74, 6) is 0.843. The lowest BCUT2D eigenvalue weighted by atomic mass is 10.2. The molecule has 1 aromatic carbocycles. The number of hydrogen-bond donors (Lipinski definition) is 2. The van der Waals surface area contributed by atoms with Gasteiger partial charge in [0.15, 0.2) is 0 Å². The molecule has 0 atom stereocenters. The van der Waals surface area contributed by atoms with E-state index < -0.39 is 0 Å². The number of benzene rings is 1. The molecule has 102 valence electrons. The predicted octanol–water partition coefficient (Wildman–Crippen LogP) is 1.57. The summed E-state index contributed by atoms with van der Waals surface area (Å²) >= 11 is 0. The molecule has 4 heteroatoms. The Bertz CT molecular complexity index is 311. The molecule has 0 amide bonds. The molecule has 0 unspecified atom stereocenters. The lowest BCUT2D eigenvalue weighted by molar-refractivity contribution is 0.0705. The van der Waals surface area contributed by atoms with Crippen LogP contribution in [-0.2, 0) is 11.3 Å². The predicted molar refractivity (Wildman–Crippen MR) is 71.8 cm³/mol. The summed E-state index contributed by atoms with van der Waals surface area (Å²) in [6, 6.07) is 8.52. The number of nitrogens with one attached hydrogen (secondary N) is 1. The van der Waals surface area contributed by atoms with Crippen LogP contribution in [0.4, 0.5) is 0 Å². The second kappa shape index (κ2) is 8.91. The summed E-state index contributed by atoms with van der Waals surface area (Å²) in [5.41, 5.74) is 1.24. The Morgan fingerprint density at radius 3 is 2.44 bits per heavy atom. The zero-order valence-electron chi connectivity index (χ0n) is 11.2. The van der Waals surface area contributed by atoms with Crippen molar-refractivity contribution in [1.29, 1.82) is 0 Å². The molecule has 0 saturated carbocycles. The fraction of sp³-hybridized carbons (Fsp3) is 0.571. The Morgan fingerprint density at radius 2 is 1.83 bits per heavy atom. The van der Waals surface area contributed by atoms with Gasteiger partial charge in [0.2, 0.25) is 0 Å². The van der Waals surface area contributed by atoms with Gasteiger partial charge in [0, 0.05) is 12.6 Å². The van der Waals surface area contributed by atoms with Crippen molar-refractivity contribution in [3.63, 3.8) is 0 Å². The largest absolute Gasteiger partial charge is 0.491 e. The lowest BCUT2D eigenvalue weighted by Crippen LogP contribution is -2.21. The topological polar surface area (TPSA) is 50.7 Å². The Labute approximate surface area is 109 Å². The molecule has 2 N–H and O–H groups in total. The first-order chi connectivity index (χ1) is 8.72. The minimum atomic E-state index is 0.0531. The highest BCUT2D eigenvalue weighted by Gasteiger charge is 1.97. The van der Waals surface area contributed by atoms with E-state index in [0.717, 1.165) is 12.3 Å². The molecule has 1 rings (SSSR count). The van der Waals surface area contributed by atoms with Gasteiger partial charge in [-0.1, -0.05) is 26.0 Å². The van der Waals surface area contributed by atoms with E-state index in [-0.39, 0.29) is 6.61 Å². The lowest BCUT2D eigenvalue weighted by Gasteiger charge is -2.09. The Morgan fingerprint density at radius 1 is 1.11 bits per heavy atom. The molecule has 0 aromatic heterocycles. The van der Waals surface area contributed by atoms with E-state index in [9.17, 15) is 0 Å². The van der Waals surface area contributed by atoms with Crippen LogP contribution >= 0.6 is 0 Å². The summed E-state index contributed by atoms with van der Waals surface area (Å²) in [7, 11) is 0. The van der Waals surface area contributed by atoms with Crippen molar-refractivity contribution >= 4 is 0 Å². The molecule has 1 aromatic rings. The number of ether oxygens (including phenoxy) is 2. The van der Waals surface area contributed by atoms with Crippen molar-refractivity contribution in [2.45, 2.75) is 26.4 Å². The highest BCUT2D eigenvalue weighted by Crippen LogP contribution is 2.12. The first-order valence-electron chi connectivity index (χ1n) is 6.36. The first-order valence-corrected chi connectivity index (χ1v) is 6.36. The van der Waals surface area contributed by atoms with Crippen LogP contribution in [0.2, 0.25) is 0 Å². The fourth-order valence-corrected chi connectivity index (χ4v) is 1.41. The van der Waals surface area contributed by atoms with Gasteiger partial charge in [0.25, 0.3) is 0 Å². The zero-order chi connectivity index (χ0) is 13.2. The molecule has 0 saturated heterocycles. The van der Waals surface area contributed by atoms with Crippen molar-refractivity contribution in [3.05, 3.63) is 29.8 Å². The molecule has 0 spiro atoms. The monoisotopic (exact) mass is 253 g/mol. The zero-order valence-corrected chi connectivity index (χ0v) is 11.2. The molecule has 0 radical (unpaired) electrons. The van der Waals surface area contributed by atoms with Crippen molar-refractivity contribution in [2.24, 2.45) is 0 Å². The molecule has 4 nitrogen and oxygen atoms in total. The normalized spacial score (nSPS) is 10.9. The van der Waals surface area contributed by atoms with Crippen LogP contribution in [0.25, 0.3) is 0 Å². The maximum Gasteiger partial charge on any atom is 0.119 e. The van der Waals surface area contributed by atoms with Crippen LogP contribution in [0.1, 0.15) is 19.4 Å². The first kappa shape index (κ1) is 15.0. The maximum absolute atomic E-state index is 8.53. The third-order valence-electron chi connectivity index (χ3n) is 2.37. The van der Waals surface area contributed by atoms with E-state index in [0.29, 0.717) is 25.9 Å². The van der Waals surface area contributed by atoms with Crippen LogP contribution in [-0.4, -0.2) is 37.6 Å². The van der Waals surface area contributed by atoms with E-state index in [2.05, 4.69) is 31.3 Å². The van der Waals surface area contributed by atoms with Gasteiger partial charge in [-0.15, -0.1) is 0 Å². The molecular formula is C14H23NO3. The summed E-state index contributed by atoms with van der Waals surface area (Å²) in [5, 5.41) is 11.9. The van der Waals surface area contributed by atoms with Gasteiger partial charge in [0.05, 0.1) is 19.8 Å². The molecule has 0 aliphatic heterocycles. The van der Waals surface area contributed by atoms with E-state index in [1.807, 2.05) is 12.1 Å². The standard InChI is InChI=1S/C14H23NO3/c1-12(2)15-11-13-3-5-14(6-4-13)18-10-9-17-8-7-16/h3-6,12,15-16H,7-11H2,1-2H3. The van der Waals surface area contributed by atoms with E-state index >= 15 is 0 Å². The second-order valence-corrected chi connectivity index (χ2v) is 4.36. The fourth-order valence-electron chi connectivity index (χ4n) is 1.41. The molecule has 0 aliphatic rings. The summed E-state index contributed by atoms with van der Waals surface area (Å²) in [4.78, 5) is 0. The van der Waals surface area contributed by atoms with Gasteiger partial charge in [-0.05, 0) is 17.7 Å². The van der Waals surface area contributed by atoms with E-state index in [1.165, 1.54) is 5.56 Å². The SMILES string of the molecule is CC(C)NCc1ccc(OCCOCCO)cc1. The second-order valence-electron chi connectivity index (χ2n) is 4.36. The van der Waals surface area contributed by atoms with Crippen LogP contribution < -0.4 is 10.1 Å². The minimum absolute atomic E-state index is 0.0531. The van der Waals surface area contributed by atoms with Crippen LogP contribution in [0.3, 0.4) is 0 Å². The highest BCUT2D eigenvalue weighted by molar-refractivity contribution is 5.27. The molecule has 0 fully saturated rings. The van der Waals surface area contributed by atoms with Crippen LogP contribution in [0.15, 0.2) is 24.3 Å². The maximum atomic E-state index is 8.53. The number of hydrogen-bond acceptors (Lipinski definition) is 4. The van der Waals surface area contributed by atoms with Crippen LogP contribution in [0, 0.1) is 0 Å². The van der Waals surface area contributed by atoms with E-state index in [4.69, 9.17) is 14.6 Å². The minimum Gasteiger partial charge on any atom is -0.491 e.